The number of carbonyl (C=O) groups excluding carboxylic acids is 1. The summed E-state index contributed by atoms with van der Waals surface area (Å²) in [5.41, 5.74) is 3.80. The predicted octanol–water partition coefficient (Wildman–Crippen LogP) is 3.99. The molecule has 2 amide bonds. The number of pyridine rings is 1. The summed E-state index contributed by atoms with van der Waals surface area (Å²) < 4.78 is 0. The lowest BCUT2D eigenvalue weighted by Crippen LogP contribution is -2.33. The Hall–Kier alpha value is -3.18. The van der Waals surface area contributed by atoms with Gasteiger partial charge in [-0.1, -0.05) is 42.5 Å². The Kier molecular flexibility index (Phi) is 5.96. The number of nitrogens with zero attached hydrogens (tertiary/aromatic N) is 1. The number of hydrogen-bond donors (Lipinski definition) is 3. The first-order chi connectivity index (χ1) is 12.8. The van der Waals surface area contributed by atoms with Crippen LogP contribution in [0.1, 0.15) is 18.0 Å². The number of carbonyl (C=O) groups is 1. The van der Waals surface area contributed by atoms with Gasteiger partial charge in [0, 0.05) is 24.7 Å². The van der Waals surface area contributed by atoms with E-state index >= 15 is 0 Å². The molecule has 2 aromatic carbocycles. The molecular weight excluding hydrogens is 326 g/mol. The summed E-state index contributed by atoms with van der Waals surface area (Å²) in [6, 6.07) is 20.6. The topological polar surface area (TPSA) is 74.2 Å². The smallest absolute Gasteiger partial charge is 0.319 e. The highest BCUT2D eigenvalue weighted by atomic mass is 16.3. The Labute approximate surface area is 152 Å². The molecule has 0 spiro atoms. The standard InChI is InChI=1S/C21H21N3O2/c25-15-12-20(18-4-2-1-3-5-18)24-21(26)23-19-8-6-16(7-9-19)17-10-13-22-14-11-17/h1-11,13-14,20,25H,12,15H2,(H2,23,24,26)/t20-/m1/s1. The van der Waals surface area contributed by atoms with Gasteiger partial charge < -0.3 is 15.7 Å². The second-order valence-corrected chi connectivity index (χ2v) is 5.89. The van der Waals surface area contributed by atoms with Crippen molar-refractivity contribution < 1.29 is 9.90 Å². The van der Waals surface area contributed by atoms with E-state index < -0.39 is 0 Å². The van der Waals surface area contributed by atoms with Crippen molar-refractivity contribution >= 4 is 11.7 Å². The van der Waals surface area contributed by atoms with Crippen molar-refractivity contribution in [1.29, 1.82) is 0 Å². The van der Waals surface area contributed by atoms with Gasteiger partial charge >= 0.3 is 6.03 Å². The highest BCUT2D eigenvalue weighted by molar-refractivity contribution is 5.89. The number of aliphatic hydroxyl groups excluding tert-OH is 1. The van der Waals surface area contributed by atoms with E-state index in [0.717, 1.165) is 16.7 Å². The van der Waals surface area contributed by atoms with Gasteiger partial charge in [0.1, 0.15) is 0 Å². The Bertz CT molecular complexity index is 821. The summed E-state index contributed by atoms with van der Waals surface area (Å²) in [4.78, 5) is 16.3. The summed E-state index contributed by atoms with van der Waals surface area (Å²) >= 11 is 0. The average molecular weight is 347 g/mol. The molecule has 132 valence electrons. The summed E-state index contributed by atoms with van der Waals surface area (Å²) in [5.74, 6) is 0. The molecule has 0 bridgehead atoms. The molecule has 3 rings (SSSR count). The number of benzene rings is 2. The van der Waals surface area contributed by atoms with Crippen molar-refractivity contribution in [2.45, 2.75) is 12.5 Å². The van der Waals surface area contributed by atoms with Gasteiger partial charge in [0.25, 0.3) is 0 Å². The first kappa shape index (κ1) is 17.6. The third-order valence-corrected chi connectivity index (χ3v) is 4.08. The molecular formula is C21H21N3O2. The maximum Gasteiger partial charge on any atom is 0.319 e. The number of nitrogens with one attached hydrogen (secondary N) is 2. The van der Waals surface area contributed by atoms with Crippen molar-refractivity contribution in [2.75, 3.05) is 11.9 Å². The van der Waals surface area contributed by atoms with E-state index in [1.54, 1.807) is 12.4 Å². The maximum atomic E-state index is 12.3. The molecule has 0 saturated carbocycles. The van der Waals surface area contributed by atoms with Gasteiger partial charge in [-0.15, -0.1) is 0 Å². The van der Waals surface area contributed by atoms with Crippen LogP contribution in [0, 0.1) is 0 Å². The number of amides is 2. The van der Waals surface area contributed by atoms with Crippen LogP contribution < -0.4 is 10.6 Å². The number of aromatic nitrogens is 1. The highest BCUT2D eigenvalue weighted by Gasteiger charge is 2.14. The lowest BCUT2D eigenvalue weighted by molar-refractivity contribution is 0.239. The van der Waals surface area contributed by atoms with Gasteiger partial charge in [0.05, 0.1) is 6.04 Å². The number of anilines is 1. The molecule has 3 aromatic rings. The Morgan fingerprint density at radius 1 is 0.923 bits per heavy atom. The van der Waals surface area contributed by atoms with Gasteiger partial charge in [-0.3, -0.25) is 4.98 Å². The molecule has 0 aliphatic carbocycles. The van der Waals surface area contributed by atoms with E-state index in [-0.39, 0.29) is 18.7 Å². The van der Waals surface area contributed by atoms with Crippen molar-refractivity contribution in [3.8, 4) is 11.1 Å². The summed E-state index contributed by atoms with van der Waals surface area (Å²) in [7, 11) is 0. The third kappa shape index (κ3) is 4.68. The molecule has 0 radical (unpaired) electrons. The molecule has 1 atom stereocenters. The molecule has 5 heteroatoms. The molecule has 1 heterocycles. The van der Waals surface area contributed by atoms with Gasteiger partial charge in [0.2, 0.25) is 0 Å². The normalized spacial score (nSPS) is 11.6. The minimum atomic E-state index is -0.302. The first-order valence-electron chi connectivity index (χ1n) is 8.50. The quantitative estimate of drug-likeness (QED) is 0.631. The monoisotopic (exact) mass is 347 g/mol. The van der Waals surface area contributed by atoms with Crippen molar-refractivity contribution in [1.82, 2.24) is 10.3 Å². The number of urea groups is 1. The van der Waals surface area contributed by atoms with E-state index in [4.69, 9.17) is 0 Å². The minimum Gasteiger partial charge on any atom is -0.396 e. The van der Waals surface area contributed by atoms with Crippen LogP contribution in [0.25, 0.3) is 11.1 Å². The van der Waals surface area contributed by atoms with Gasteiger partial charge in [-0.2, -0.15) is 0 Å². The van der Waals surface area contributed by atoms with Crippen LogP contribution in [0.4, 0.5) is 10.5 Å². The Morgan fingerprint density at radius 2 is 1.58 bits per heavy atom. The molecule has 0 saturated heterocycles. The summed E-state index contributed by atoms with van der Waals surface area (Å²) in [6.45, 7) is 0.000467. The summed E-state index contributed by atoms with van der Waals surface area (Å²) in [6.07, 6.45) is 3.96. The molecule has 0 fully saturated rings. The zero-order chi connectivity index (χ0) is 18.2. The SMILES string of the molecule is O=C(Nc1ccc(-c2ccncc2)cc1)N[C@H](CCO)c1ccccc1. The zero-order valence-corrected chi connectivity index (χ0v) is 14.3. The molecule has 5 nitrogen and oxygen atoms in total. The van der Waals surface area contributed by atoms with E-state index in [2.05, 4.69) is 15.6 Å². The van der Waals surface area contributed by atoms with Crippen LogP contribution in [-0.4, -0.2) is 22.7 Å². The molecule has 1 aromatic heterocycles. The predicted molar refractivity (Wildman–Crippen MR) is 103 cm³/mol. The van der Waals surface area contributed by atoms with E-state index in [9.17, 15) is 9.90 Å². The fraction of sp³-hybridized carbons (Fsp3) is 0.143. The molecule has 26 heavy (non-hydrogen) atoms. The third-order valence-electron chi connectivity index (χ3n) is 4.08. The molecule has 0 aliphatic rings. The van der Waals surface area contributed by atoms with Crippen molar-refractivity contribution in [2.24, 2.45) is 0 Å². The zero-order valence-electron chi connectivity index (χ0n) is 14.3. The highest BCUT2D eigenvalue weighted by Crippen LogP contribution is 2.21. The second kappa shape index (κ2) is 8.78. The minimum absolute atomic E-state index is 0.000467. The van der Waals surface area contributed by atoms with Crippen molar-refractivity contribution in [3.63, 3.8) is 0 Å². The van der Waals surface area contributed by atoms with Gasteiger partial charge in [-0.25, -0.2) is 4.79 Å². The Morgan fingerprint density at radius 3 is 2.23 bits per heavy atom. The van der Waals surface area contributed by atoms with Crippen LogP contribution in [0.2, 0.25) is 0 Å². The van der Waals surface area contributed by atoms with Crippen LogP contribution in [0.15, 0.2) is 79.1 Å². The summed E-state index contributed by atoms with van der Waals surface area (Å²) in [5, 5.41) is 15.0. The lowest BCUT2D eigenvalue weighted by atomic mass is 10.0. The molecule has 3 N–H and O–H groups in total. The number of rotatable bonds is 6. The van der Waals surface area contributed by atoms with Crippen LogP contribution in [-0.2, 0) is 0 Å². The molecule has 0 aliphatic heterocycles. The average Bonchev–Trinajstić information content (AvgIpc) is 2.69. The number of aliphatic hydroxyl groups is 1. The van der Waals surface area contributed by atoms with E-state index in [1.165, 1.54) is 0 Å². The number of hydrogen-bond acceptors (Lipinski definition) is 3. The van der Waals surface area contributed by atoms with Gasteiger partial charge in [0.15, 0.2) is 0 Å². The van der Waals surface area contributed by atoms with Crippen molar-refractivity contribution in [3.05, 3.63) is 84.7 Å². The second-order valence-electron chi connectivity index (χ2n) is 5.89. The van der Waals surface area contributed by atoms with Crippen LogP contribution in [0.5, 0.6) is 0 Å². The van der Waals surface area contributed by atoms with Crippen LogP contribution >= 0.6 is 0 Å². The fourth-order valence-electron chi connectivity index (χ4n) is 2.75. The van der Waals surface area contributed by atoms with E-state index in [0.29, 0.717) is 12.1 Å². The lowest BCUT2D eigenvalue weighted by Gasteiger charge is -2.18. The first-order valence-corrected chi connectivity index (χ1v) is 8.50. The van der Waals surface area contributed by atoms with E-state index in [1.807, 2.05) is 66.7 Å². The molecule has 0 unspecified atom stereocenters. The largest absolute Gasteiger partial charge is 0.396 e. The Balaban J connectivity index is 1.63. The van der Waals surface area contributed by atoms with Gasteiger partial charge in [-0.05, 0) is 47.4 Å². The fourth-order valence-corrected chi connectivity index (χ4v) is 2.75. The van der Waals surface area contributed by atoms with Crippen LogP contribution in [0.3, 0.4) is 0 Å². The maximum absolute atomic E-state index is 12.3.